The molecule has 0 aliphatic carbocycles. The predicted molar refractivity (Wildman–Crippen MR) is 89.5 cm³/mol. The van der Waals surface area contributed by atoms with Crippen LogP contribution in [0, 0.1) is 6.92 Å². The average Bonchev–Trinajstić information content (AvgIpc) is 2.89. The summed E-state index contributed by atoms with van der Waals surface area (Å²) in [7, 11) is 0. The molecule has 1 aliphatic heterocycles. The number of anilines is 1. The van der Waals surface area contributed by atoms with Crippen LogP contribution in [-0.4, -0.2) is 17.5 Å². The summed E-state index contributed by atoms with van der Waals surface area (Å²) in [6.45, 7) is 2.31. The van der Waals surface area contributed by atoms with Gasteiger partial charge in [0.15, 0.2) is 5.13 Å². The molecule has 0 saturated carbocycles. The third kappa shape index (κ3) is 3.55. The number of fused-ring (bicyclic) bond motifs is 1. The fraction of sp³-hybridized carbons (Fsp3) is 0.125. The van der Waals surface area contributed by atoms with Crippen LogP contribution in [0.4, 0.5) is 5.13 Å². The van der Waals surface area contributed by atoms with Crippen molar-refractivity contribution in [1.29, 1.82) is 0 Å². The highest BCUT2D eigenvalue weighted by Gasteiger charge is 2.10. The molecule has 0 unspecified atom stereocenters. The summed E-state index contributed by atoms with van der Waals surface area (Å²) in [5, 5.41) is 5.86. The van der Waals surface area contributed by atoms with Crippen molar-refractivity contribution >= 4 is 40.1 Å². The molecule has 1 aromatic carbocycles. The summed E-state index contributed by atoms with van der Waals surface area (Å²) in [4.78, 5) is 16.0. The lowest BCUT2D eigenvalue weighted by molar-refractivity contribution is -0.111. The van der Waals surface area contributed by atoms with Gasteiger partial charge in [0.2, 0.25) is 5.91 Å². The number of ether oxygens (including phenoxy) is 1. The van der Waals surface area contributed by atoms with Gasteiger partial charge in [0, 0.05) is 22.0 Å². The van der Waals surface area contributed by atoms with Crippen molar-refractivity contribution < 1.29 is 9.53 Å². The molecule has 3 rings (SSSR count). The van der Waals surface area contributed by atoms with Crippen molar-refractivity contribution in [3.05, 3.63) is 57.6 Å². The number of aryl methyl sites for hydroxylation is 1. The zero-order chi connectivity index (χ0) is 15.5. The lowest BCUT2D eigenvalue weighted by atomic mass is 10.1. The minimum absolute atomic E-state index is 0.216. The van der Waals surface area contributed by atoms with Gasteiger partial charge >= 0.3 is 0 Å². The van der Waals surface area contributed by atoms with Crippen LogP contribution in [0.5, 0.6) is 5.75 Å². The number of hydrogen-bond donors (Lipinski definition) is 1. The fourth-order valence-electron chi connectivity index (χ4n) is 2.00. The monoisotopic (exact) mass is 332 g/mol. The van der Waals surface area contributed by atoms with E-state index in [-0.39, 0.29) is 5.91 Å². The van der Waals surface area contributed by atoms with E-state index in [0.717, 1.165) is 22.6 Å². The number of nitrogens with one attached hydrogen (secondary N) is 1. The first-order chi connectivity index (χ1) is 10.6. The number of halogens is 1. The third-order valence-electron chi connectivity index (χ3n) is 3.00. The number of rotatable bonds is 3. The molecule has 4 nitrogen and oxygen atoms in total. The van der Waals surface area contributed by atoms with Gasteiger partial charge in [-0.3, -0.25) is 10.1 Å². The molecule has 0 atom stereocenters. The van der Waals surface area contributed by atoms with Crippen molar-refractivity contribution in [3.63, 3.8) is 0 Å². The van der Waals surface area contributed by atoms with E-state index in [4.69, 9.17) is 16.3 Å². The van der Waals surface area contributed by atoms with Crippen LogP contribution in [0.15, 0.2) is 41.3 Å². The maximum absolute atomic E-state index is 11.8. The Bertz CT molecular complexity index is 780. The number of thiazole rings is 1. The maximum Gasteiger partial charge on any atom is 0.250 e. The van der Waals surface area contributed by atoms with Crippen LogP contribution < -0.4 is 10.1 Å². The minimum atomic E-state index is -0.216. The van der Waals surface area contributed by atoms with E-state index in [9.17, 15) is 4.79 Å². The van der Waals surface area contributed by atoms with Crippen LogP contribution in [-0.2, 0) is 4.79 Å². The van der Waals surface area contributed by atoms with E-state index in [1.807, 2.05) is 30.5 Å². The molecule has 2 heterocycles. The Morgan fingerprint density at radius 3 is 3.14 bits per heavy atom. The normalized spacial score (nSPS) is 13.5. The average molecular weight is 333 g/mol. The Morgan fingerprint density at radius 2 is 2.36 bits per heavy atom. The Balaban J connectivity index is 1.69. The second-order valence-corrected chi connectivity index (χ2v) is 6.10. The Hall–Kier alpha value is -2.11. The van der Waals surface area contributed by atoms with Gasteiger partial charge in [-0.1, -0.05) is 17.7 Å². The second kappa shape index (κ2) is 6.34. The quantitative estimate of drug-likeness (QED) is 0.862. The SMILES string of the molecule is Cc1csc(NC(=O)/C=C/C2=Cc3cc(Cl)ccc3OC2)n1. The molecule has 0 fully saturated rings. The van der Waals surface area contributed by atoms with Gasteiger partial charge in [0.25, 0.3) is 0 Å². The largest absolute Gasteiger partial charge is 0.488 e. The van der Waals surface area contributed by atoms with E-state index in [1.165, 1.54) is 17.4 Å². The number of carbonyl (C=O) groups excluding carboxylic acids is 1. The van der Waals surface area contributed by atoms with Gasteiger partial charge < -0.3 is 4.74 Å². The van der Waals surface area contributed by atoms with E-state index in [2.05, 4.69) is 10.3 Å². The van der Waals surface area contributed by atoms with Gasteiger partial charge in [0.1, 0.15) is 12.4 Å². The van der Waals surface area contributed by atoms with Crippen LogP contribution in [0.3, 0.4) is 0 Å². The molecular formula is C16H13ClN2O2S. The van der Waals surface area contributed by atoms with Gasteiger partial charge in [-0.05, 0) is 36.8 Å². The molecule has 1 aromatic heterocycles. The molecule has 2 aromatic rings. The molecule has 0 spiro atoms. The van der Waals surface area contributed by atoms with Gasteiger partial charge in [-0.15, -0.1) is 11.3 Å². The fourth-order valence-corrected chi connectivity index (χ4v) is 2.88. The Labute approximate surface area is 137 Å². The van der Waals surface area contributed by atoms with Crippen molar-refractivity contribution in [2.75, 3.05) is 11.9 Å². The van der Waals surface area contributed by atoms with Gasteiger partial charge in [0.05, 0.1) is 5.69 Å². The highest BCUT2D eigenvalue weighted by molar-refractivity contribution is 7.13. The van der Waals surface area contributed by atoms with Crippen LogP contribution >= 0.6 is 22.9 Å². The summed E-state index contributed by atoms with van der Waals surface area (Å²) in [6, 6.07) is 5.47. The molecule has 1 amide bonds. The number of nitrogens with zero attached hydrogens (tertiary/aromatic N) is 1. The van der Waals surface area contributed by atoms with Crippen molar-refractivity contribution in [2.45, 2.75) is 6.92 Å². The molecule has 0 saturated heterocycles. The highest BCUT2D eigenvalue weighted by atomic mass is 35.5. The number of aromatic nitrogens is 1. The van der Waals surface area contributed by atoms with Crippen molar-refractivity contribution in [3.8, 4) is 5.75 Å². The number of benzene rings is 1. The van der Waals surface area contributed by atoms with Crippen LogP contribution in [0.25, 0.3) is 6.08 Å². The maximum atomic E-state index is 11.8. The molecule has 6 heteroatoms. The van der Waals surface area contributed by atoms with E-state index in [0.29, 0.717) is 16.8 Å². The van der Waals surface area contributed by atoms with Crippen LogP contribution in [0.2, 0.25) is 5.02 Å². The standard InChI is InChI=1S/C16H13ClN2O2S/c1-10-9-22-16(18-10)19-15(20)5-2-11-6-12-7-13(17)3-4-14(12)21-8-11/h2-7,9H,8H2,1H3,(H,18,19,20)/b5-2+. The molecular weight excluding hydrogens is 320 g/mol. The smallest absolute Gasteiger partial charge is 0.250 e. The van der Waals surface area contributed by atoms with Gasteiger partial charge in [-0.25, -0.2) is 4.98 Å². The number of carbonyl (C=O) groups is 1. The number of hydrogen-bond acceptors (Lipinski definition) is 4. The zero-order valence-electron chi connectivity index (χ0n) is 11.8. The third-order valence-corrected chi connectivity index (χ3v) is 4.12. The first-order valence-electron chi connectivity index (χ1n) is 6.64. The topological polar surface area (TPSA) is 51.2 Å². The summed E-state index contributed by atoms with van der Waals surface area (Å²) in [5.41, 5.74) is 2.70. The molecule has 112 valence electrons. The molecule has 0 bridgehead atoms. The first-order valence-corrected chi connectivity index (χ1v) is 7.90. The lowest BCUT2D eigenvalue weighted by Gasteiger charge is -2.16. The van der Waals surface area contributed by atoms with Crippen molar-refractivity contribution in [2.24, 2.45) is 0 Å². The molecule has 0 radical (unpaired) electrons. The highest BCUT2D eigenvalue weighted by Crippen LogP contribution is 2.29. The number of amides is 1. The van der Waals surface area contributed by atoms with E-state index in [1.54, 1.807) is 12.1 Å². The van der Waals surface area contributed by atoms with Gasteiger partial charge in [-0.2, -0.15) is 0 Å². The second-order valence-electron chi connectivity index (χ2n) is 4.81. The van der Waals surface area contributed by atoms with E-state index < -0.39 is 0 Å². The van der Waals surface area contributed by atoms with E-state index >= 15 is 0 Å². The summed E-state index contributed by atoms with van der Waals surface area (Å²) >= 11 is 7.37. The summed E-state index contributed by atoms with van der Waals surface area (Å²) < 4.78 is 5.62. The van der Waals surface area contributed by atoms with Crippen LogP contribution in [0.1, 0.15) is 11.3 Å². The predicted octanol–water partition coefficient (Wildman–Crippen LogP) is 4.08. The Morgan fingerprint density at radius 1 is 1.50 bits per heavy atom. The Kier molecular flexibility index (Phi) is 4.27. The zero-order valence-corrected chi connectivity index (χ0v) is 13.4. The summed E-state index contributed by atoms with van der Waals surface area (Å²) in [5.74, 6) is 0.580. The molecule has 1 N–H and O–H groups in total. The van der Waals surface area contributed by atoms with Crippen molar-refractivity contribution in [1.82, 2.24) is 4.98 Å². The molecule has 22 heavy (non-hydrogen) atoms. The minimum Gasteiger partial charge on any atom is -0.488 e. The summed E-state index contributed by atoms with van der Waals surface area (Å²) in [6.07, 6.45) is 5.17. The first kappa shape index (κ1) is 14.8. The molecule has 1 aliphatic rings. The lowest BCUT2D eigenvalue weighted by Crippen LogP contribution is -2.09.